The van der Waals surface area contributed by atoms with Gasteiger partial charge in [0.1, 0.15) is 11.9 Å². The molecular weight excluding hydrogens is 426 g/mol. The molecule has 1 aliphatic heterocycles. The molecule has 1 amide bonds. The Balaban J connectivity index is 1.40. The van der Waals surface area contributed by atoms with Crippen molar-refractivity contribution in [3.05, 3.63) is 52.1 Å². The van der Waals surface area contributed by atoms with Crippen LogP contribution in [0.5, 0.6) is 0 Å². The van der Waals surface area contributed by atoms with Crippen molar-refractivity contribution in [1.82, 2.24) is 19.9 Å². The van der Waals surface area contributed by atoms with Crippen molar-refractivity contribution in [2.24, 2.45) is 7.05 Å². The standard InChI is InChI=1S/C23H27N5O3S/c1-27-20(30)17-19(26-21(27)23(10-11-23)14-31-2)32-22(25-17)28-12-6-9-16(28)18(29)24-13-15-7-4-3-5-8-15/h3-5,7-8,16H,6,9-14H2,1-2H3,(H,24,29). The van der Waals surface area contributed by atoms with E-state index >= 15 is 0 Å². The highest BCUT2D eigenvalue weighted by Crippen LogP contribution is 2.47. The van der Waals surface area contributed by atoms with Crippen LogP contribution in [0.2, 0.25) is 0 Å². The molecule has 3 aromatic rings. The molecule has 9 heteroatoms. The second-order valence-electron chi connectivity index (χ2n) is 8.72. The number of anilines is 1. The lowest BCUT2D eigenvalue weighted by Crippen LogP contribution is -2.43. The van der Waals surface area contributed by atoms with Crippen molar-refractivity contribution >= 4 is 32.7 Å². The molecule has 1 aliphatic carbocycles. The number of nitrogens with one attached hydrogen (secondary N) is 1. The number of hydrogen-bond donors (Lipinski definition) is 1. The highest BCUT2D eigenvalue weighted by atomic mass is 32.1. The van der Waals surface area contributed by atoms with Gasteiger partial charge in [-0.3, -0.25) is 14.2 Å². The summed E-state index contributed by atoms with van der Waals surface area (Å²) in [5.41, 5.74) is 1.13. The van der Waals surface area contributed by atoms with Crippen LogP contribution in [-0.2, 0) is 28.5 Å². The number of methoxy groups -OCH3 is 1. The van der Waals surface area contributed by atoms with Crippen molar-refractivity contribution in [2.75, 3.05) is 25.2 Å². The number of fused-ring (bicyclic) bond motifs is 1. The third-order valence-corrected chi connectivity index (χ3v) is 7.48. The van der Waals surface area contributed by atoms with Gasteiger partial charge in [-0.2, -0.15) is 0 Å². The van der Waals surface area contributed by atoms with Crippen molar-refractivity contribution in [1.29, 1.82) is 0 Å². The van der Waals surface area contributed by atoms with Crippen molar-refractivity contribution in [3.8, 4) is 0 Å². The average Bonchev–Trinajstić information content (AvgIpc) is 3.23. The summed E-state index contributed by atoms with van der Waals surface area (Å²) in [6.07, 6.45) is 3.61. The van der Waals surface area contributed by atoms with Gasteiger partial charge in [0, 0.05) is 27.2 Å². The predicted octanol–water partition coefficient (Wildman–Crippen LogP) is 2.35. The number of ether oxygens (including phenoxy) is 1. The minimum atomic E-state index is -0.286. The average molecular weight is 454 g/mol. The third-order valence-electron chi connectivity index (χ3n) is 6.49. The van der Waals surface area contributed by atoms with Crippen molar-refractivity contribution in [2.45, 2.75) is 43.7 Å². The second kappa shape index (κ2) is 8.29. The van der Waals surface area contributed by atoms with Crippen LogP contribution < -0.4 is 15.8 Å². The molecule has 32 heavy (non-hydrogen) atoms. The van der Waals surface area contributed by atoms with Gasteiger partial charge >= 0.3 is 0 Å². The summed E-state index contributed by atoms with van der Waals surface area (Å²) < 4.78 is 7.01. The molecule has 1 N–H and O–H groups in total. The van der Waals surface area contributed by atoms with Gasteiger partial charge in [-0.15, -0.1) is 0 Å². The van der Waals surface area contributed by atoms with E-state index in [1.807, 2.05) is 35.2 Å². The molecule has 2 fully saturated rings. The van der Waals surface area contributed by atoms with Crippen LogP contribution in [0, 0.1) is 0 Å². The maximum atomic E-state index is 13.1. The SMILES string of the molecule is COCC1(c2nc3sc(N4CCCC4C(=O)NCc4ccccc4)nc3c(=O)n2C)CC1. The number of benzene rings is 1. The van der Waals surface area contributed by atoms with Gasteiger partial charge in [-0.25, -0.2) is 9.97 Å². The first-order valence-corrected chi connectivity index (χ1v) is 11.8. The fraction of sp³-hybridized carbons (Fsp3) is 0.478. The van der Waals surface area contributed by atoms with Crippen LogP contribution in [-0.4, -0.2) is 46.7 Å². The van der Waals surface area contributed by atoms with Gasteiger partial charge in [0.2, 0.25) is 5.91 Å². The lowest BCUT2D eigenvalue weighted by Gasteiger charge is -2.23. The monoisotopic (exact) mass is 453 g/mol. The molecule has 1 unspecified atom stereocenters. The lowest BCUT2D eigenvalue weighted by molar-refractivity contribution is -0.122. The fourth-order valence-corrected chi connectivity index (χ4v) is 5.58. The van der Waals surface area contributed by atoms with Crippen LogP contribution in [0.1, 0.15) is 37.1 Å². The summed E-state index contributed by atoms with van der Waals surface area (Å²) in [5, 5.41) is 3.74. The lowest BCUT2D eigenvalue weighted by atomic mass is 10.1. The number of thiazole rings is 1. The van der Waals surface area contributed by atoms with E-state index in [-0.39, 0.29) is 22.9 Å². The first-order valence-electron chi connectivity index (χ1n) is 11.0. The van der Waals surface area contributed by atoms with E-state index in [0.717, 1.165) is 43.6 Å². The molecule has 1 saturated carbocycles. The van der Waals surface area contributed by atoms with Crippen molar-refractivity contribution in [3.63, 3.8) is 0 Å². The maximum absolute atomic E-state index is 13.1. The fourth-order valence-electron chi connectivity index (χ4n) is 4.57. The van der Waals surface area contributed by atoms with Crippen LogP contribution >= 0.6 is 11.3 Å². The van der Waals surface area contributed by atoms with E-state index in [0.29, 0.717) is 28.6 Å². The highest BCUT2D eigenvalue weighted by Gasteiger charge is 2.48. The quantitative estimate of drug-likeness (QED) is 0.591. The number of nitrogens with zero attached hydrogens (tertiary/aromatic N) is 4. The highest BCUT2D eigenvalue weighted by molar-refractivity contribution is 7.21. The van der Waals surface area contributed by atoms with E-state index in [2.05, 4.69) is 10.3 Å². The molecule has 1 saturated heterocycles. The molecule has 8 nitrogen and oxygen atoms in total. The van der Waals surface area contributed by atoms with Gasteiger partial charge in [0.15, 0.2) is 15.5 Å². The van der Waals surface area contributed by atoms with Gasteiger partial charge < -0.3 is 15.0 Å². The van der Waals surface area contributed by atoms with E-state index < -0.39 is 0 Å². The Morgan fingerprint density at radius 3 is 2.78 bits per heavy atom. The molecule has 2 aromatic heterocycles. The zero-order chi connectivity index (χ0) is 22.3. The van der Waals surface area contributed by atoms with Gasteiger partial charge in [-0.05, 0) is 31.2 Å². The molecular formula is C23H27N5O3S. The smallest absolute Gasteiger partial charge is 0.280 e. The Hall–Kier alpha value is -2.78. The van der Waals surface area contributed by atoms with Crippen LogP contribution in [0.4, 0.5) is 5.13 Å². The topological polar surface area (TPSA) is 89.3 Å². The Kier molecular flexibility index (Phi) is 5.46. The molecule has 1 aromatic carbocycles. The zero-order valence-corrected chi connectivity index (χ0v) is 19.2. The zero-order valence-electron chi connectivity index (χ0n) is 18.3. The van der Waals surface area contributed by atoms with Gasteiger partial charge in [0.05, 0.1) is 12.0 Å². The molecule has 0 radical (unpaired) electrons. The van der Waals surface area contributed by atoms with E-state index in [1.165, 1.54) is 11.3 Å². The van der Waals surface area contributed by atoms with Crippen LogP contribution in [0.25, 0.3) is 10.3 Å². The first-order chi connectivity index (χ1) is 15.5. The Bertz CT molecular complexity index is 1200. The summed E-state index contributed by atoms with van der Waals surface area (Å²) in [6.45, 7) is 1.79. The number of aromatic nitrogens is 3. The minimum Gasteiger partial charge on any atom is -0.384 e. The molecule has 0 bridgehead atoms. The van der Waals surface area contributed by atoms with Gasteiger partial charge in [0.25, 0.3) is 5.56 Å². The summed E-state index contributed by atoms with van der Waals surface area (Å²) in [5.74, 6) is 0.759. The van der Waals surface area contributed by atoms with Crippen molar-refractivity contribution < 1.29 is 9.53 Å². The summed E-state index contributed by atoms with van der Waals surface area (Å²) in [6, 6.07) is 9.59. The third kappa shape index (κ3) is 3.69. The molecule has 0 spiro atoms. The summed E-state index contributed by atoms with van der Waals surface area (Å²) >= 11 is 1.40. The van der Waals surface area contributed by atoms with Crippen LogP contribution in [0.15, 0.2) is 35.1 Å². The second-order valence-corrected chi connectivity index (χ2v) is 9.67. The first kappa shape index (κ1) is 21.1. The predicted molar refractivity (Wildman–Crippen MR) is 124 cm³/mol. The summed E-state index contributed by atoms with van der Waals surface area (Å²) in [4.78, 5) is 38.1. The molecule has 1 atom stereocenters. The number of carbonyl (C=O) groups is 1. The number of hydrogen-bond acceptors (Lipinski definition) is 7. The normalized spacial score (nSPS) is 19.4. The maximum Gasteiger partial charge on any atom is 0.280 e. The molecule has 3 heterocycles. The number of amides is 1. The van der Waals surface area contributed by atoms with E-state index in [9.17, 15) is 9.59 Å². The Labute approximate surface area is 190 Å². The van der Waals surface area contributed by atoms with E-state index in [1.54, 1.807) is 18.7 Å². The number of carbonyl (C=O) groups excluding carboxylic acids is 1. The molecule has 168 valence electrons. The molecule has 2 aliphatic rings. The van der Waals surface area contributed by atoms with Gasteiger partial charge in [-0.1, -0.05) is 41.7 Å². The summed E-state index contributed by atoms with van der Waals surface area (Å²) in [7, 11) is 3.44. The molecule has 5 rings (SSSR count). The van der Waals surface area contributed by atoms with E-state index in [4.69, 9.17) is 9.72 Å². The largest absolute Gasteiger partial charge is 0.384 e. The minimum absolute atomic E-state index is 0.0100. The number of rotatable bonds is 7. The Morgan fingerprint density at radius 2 is 2.06 bits per heavy atom. The van der Waals surface area contributed by atoms with Crippen LogP contribution in [0.3, 0.4) is 0 Å². The Morgan fingerprint density at radius 1 is 1.28 bits per heavy atom.